The lowest BCUT2D eigenvalue weighted by Gasteiger charge is -2.14. The first-order chi connectivity index (χ1) is 11.7. The van der Waals surface area contributed by atoms with E-state index in [4.69, 9.17) is 17.0 Å². The zero-order chi connectivity index (χ0) is 17.2. The largest absolute Gasteiger partial charge is 0.374 e. The predicted molar refractivity (Wildman–Crippen MR) is 105 cm³/mol. The molecule has 2 rings (SSSR count). The van der Waals surface area contributed by atoms with Gasteiger partial charge in [0.1, 0.15) is 0 Å². The second-order valence-electron chi connectivity index (χ2n) is 5.71. The van der Waals surface area contributed by atoms with Gasteiger partial charge in [0.15, 0.2) is 5.11 Å². The smallest absolute Gasteiger partial charge is 0.170 e. The summed E-state index contributed by atoms with van der Waals surface area (Å²) in [6, 6.07) is 18.6. The molecule has 2 N–H and O–H groups in total. The van der Waals surface area contributed by atoms with E-state index in [9.17, 15) is 0 Å². The number of anilines is 1. The quantitative estimate of drug-likeness (QED) is 0.538. The molecule has 0 heterocycles. The van der Waals surface area contributed by atoms with Crippen LogP contribution in [0.25, 0.3) is 0 Å². The number of ether oxygens (including phenoxy) is 1. The SMILES string of the molecule is CCc1ccc(NC(=S)NCCCO[C@H](C)c2ccccc2)cc1. The molecular formula is C20H26N2OS. The Morgan fingerprint density at radius 1 is 1.08 bits per heavy atom. The molecule has 4 heteroatoms. The van der Waals surface area contributed by atoms with Crippen molar-refractivity contribution in [2.24, 2.45) is 0 Å². The summed E-state index contributed by atoms with van der Waals surface area (Å²) in [5, 5.41) is 7.06. The first kappa shape index (κ1) is 18.4. The first-order valence-electron chi connectivity index (χ1n) is 8.49. The lowest BCUT2D eigenvalue weighted by atomic mass is 10.1. The van der Waals surface area contributed by atoms with Crippen molar-refractivity contribution in [3.05, 3.63) is 65.7 Å². The summed E-state index contributed by atoms with van der Waals surface area (Å²) in [4.78, 5) is 0. The van der Waals surface area contributed by atoms with Crippen LogP contribution in [0, 0.1) is 0 Å². The van der Waals surface area contributed by atoms with Gasteiger partial charge < -0.3 is 15.4 Å². The summed E-state index contributed by atoms with van der Waals surface area (Å²) < 4.78 is 5.85. The highest BCUT2D eigenvalue weighted by Gasteiger charge is 2.04. The summed E-state index contributed by atoms with van der Waals surface area (Å²) in [6.45, 7) is 5.72. The van der Waals surface area contributed by atoms with E-state index in [0.717, 1.165) is 25.1 Å². The number of thiocarbonyl (C=S) groups is 1. The van der Waals surface area contributed by atoms with Gasteiger partial charge in [-0.25, -0.2) is 0 Å². The van der Waals surface area contributed by atoms with E-state index in [2.05, 4.69) is 60.9 Å². The summed E-state index contributed by atoms with van der Waals surface area (Å²) in [5.41, 5.74) is 3.54. The molecule has 0 radical (unpaired) electrons. The average molecular weight is 343 g/mol. The van der Waals surface area contributed by atoms with E-state index in [1.54, 1.807) is 0 Å². The lowest BCUT2D eigenvalue weighted by molar-refractivity contribution is 0.0646. The monoisotopic (exact) mass is 342 g/mol. The van der Waals surface area contributed by atoms with E-state index >= 15 is 0 Å². The van der Waals surface area contributed by atoms with Crippen LogP contribution in [0.15, 0.2) is 54.6 Å². The molecule has 0 unspecified atom stereocenters. The zero-order valence-corrected chi connectivity index (χ0v) is 15.2. The third-order valence-corrected chi connectivity index (χ3v) is 4.11. The van der Waals surface area contributed by atoms with Gasteiger partial charge in [-0.2, -0.15) is 0 Å². The molecule has 0 bridgehead atoms. The summed E-state index contributed by atoms with van der Waals surface area (Å²) >= 11 is 5.31. The molecule has 0 aliphatic heterocycles. The highest BCUT2D eigenvalue weighted by atomic mass is 32.1. The Balaban J connectivity index is 1.60. The van der Waals surface area contributed by atoms with Crippen molar-refractivity contribution < 1.29 is 4.74 Å². The minimum atomic E-state index is 0.119. The Kier molecular flexibility index (Phi) is 7.72. The van der Waals surface area contributed by atoms with Crippen LogP contribution in [0.5, 0.6) is 0 Å². The van der Waals surface area contributed by atoms with Gasteiger partial charge in [-0.15, -0.1) is 0 Å². The molecule has 1 atom stereocenters. The minimum absolute atomic E-state index is 0.119. The minimum Gasteiger partial charge on any atom is -0.374 e. The highest BCUT2D eigenvalue weighted by molar-refractivity contribution is 7.80. The second-order valence-corrected chi connectivity index (χ2v) is 6.12. The molecular weight excluding hydrogens is 316 g/mol. The molecule has 0 fully saturated rings. The Labute approximate surface area is 150 Å². The fourth-order valence-corrected chi connectivity index (χ4v) is 2.57. The third-order valence-electron chi connectivity index (χ3n) is 3.86. The standard InChI is InChI=1S/C20H26N2OS/c1-3-17-10-12-19(13-11-17)22-20(24)21-14-7-15-23-16(2)18-8-5-4-6-9-18/h4-6,8-13,16H,3,7,14-15H2,1-2H3,(H2,21,22,24)/t16-/m1/s1. The van der Waals surface area contributed by atoms with Crippen LogP contribution in [0.1, 0.15) is 37.5 Å². The van der Waals surface area contributed by atoms with E-state index in [1.165, 1.54) is 11.1 Å². The fourth-order valence-electron chi connectivity index (χ4n) is 2.35. The first-order valence-corrected chi connectivity index (χ1v) is 8.90. The van der Waals surface area contributed by atoms with Gasteiger partial charge in [0.05, 0.1) is 6.10 Å². The summed E-state index contributed by atoms with van der Waals surface area (Å²) in [5.74, 6) is 0. The van der Waals surface area contributed by atoms with E-state index in [1.807, 2.05) is 18.2 Å². The molecule has 0 spiro atoms. The zero-order valence-electron chi connectivity index (χ0n) is 14.4. The number of hydrogen-bond donors (Lipinski definition) is 2. The van der Waals surface area contributed by atoms with Gasteiger partial charge >= 0.3 is 0 Å². The second kappa shape index (κ2) is 10.1. The van der Waals surface area contributed by atoms with E-state index in [0.29, 0.717) is 11.7 Å². The molecule has 0 saturated carbocycles. The molecule has 0 saturated heterocycles. The van der Waals surface area contributed by atoms with Gasteiger partial charge in [-0.05, 0) is 55.2 Å². The Bertz CT molecular complexity index is 613. The van der Waals surface area contributed by atoms with Gasteiger partial charge in [0.25, 0.3) is 0 Å². The van der Waals surface area contributed by atoms with Crippen LogP contribution in [-0.4, -0.2) is 18.3 Å². The van der Waals surface area contributed by atoms with Crippen molar-refractivity contribution in [1.82, 2.24) is 5.32 Å². The molecule has 0 aromatic heterocycles. The Morgan fingerprint density at radius 3 is 2.46 bits per heavy atom. The predicted octanol–water partition coefficient (Wildman–Crippen LogP) is 4.70. The molecule has 2 aromatic rings. The van der Waals surface area contributed by atoms with Crippen molar-refractivity contribution in [2.45, 2.75) is 32.8 Å². The van der Waals surface area contributed by atoms with Crippen LogP contribution in [0.4, 0.5) is 5.69 Å². The number of aryl methyl sites for hydroxylation is 1. The van der Waals surface area contributed by atoms with Crippen molar-refractivity contribution in [3.63, 3.8) is 0 Å². The third kappa shape index (κ3) is 6.30. The van der Waals surface area contributed by atoms with Crippen molar-refractivity contribution >= 4 is 23.0 Å². The summed E-state index contributed by atoms with van der Waals surface area (Å²) in [6.07, 6.45) is 2.08. The van der Waals surface area contributed by atoms with Gasteiger partial charge in [0.2, 0.25) is 0 Å². The number of benzene rings is 2. The molecule has 24 heavy (non-hydrogen) atoms. The van der Waals surface area contributed by atoms with Gasteiger partial charge in [-0.1, -0.05) is 49.4 Å². The van der Waals surface area contributed by atoms with E-state index in [-0.39, 0.29) is 6.10 Å². The van der Waals surface area contributed by atoms with Crippen LogP contribution in [0.3, 0.4) is 0 Å². The van der Waals surface area contributed by atoms with Crippen LogP contribution < -0.4 is 10.6 Å². The van der Waals surface area contributed by atoms with Gasteiger partial charge in [-0.3, -0.25) is 0 Å². The van der Waals surface area contributed by atoms with Gasteiger partial charge in [0, 0.05) is 18.8 Å². The maximum atomic E-state index is 5.85. The van der Waals surface area contributed by atoms with Crippen molar-refractivity contribution in [1.29, 1.82) is 0 Å². The number of nitrogens with one attached hydrogen (secondary N) is 2. The van der Waals surface area contributed by atoms with Crippen molar-refractivity contribution in [2.75, 3.05) is 18.5 Å². The maximum absolute atomic E-state index is 5.85. The fraction of sp³-hybridized carbons (Fsp3) is 0.350. The number of hydrogen-bond acceptors (Lipinski definition) is 2. The van der Waals surface area contributed by atoms with Crippen molar-refractivity contribution in [3.8, 4) is 0 Å². The molecule has 0 aliphatic carbocycles. The lowest BCUT2D eigenvalue weighted by Crippen LogP contribution is -2.29. The number of rotatable bonds is 8. The highest BCUT2D eigenvalue weighted by Crippen LogP contribution is 2.15. The molecule has 0 amide bonds. The average Bonchev–Trinajstić information content (AvgIpc) is 2.62. The van der Waals surface area contributed by atoms with Crippen LogP contribution in [-0.2, 0) is 11.2 Å². The molecule has 128 valence electrons. The molecule has 2 aromatic carbocycles. The topological polar surface area (TPSA) is 33.3 Å². The Morgan fingerprint density at radius 2 is 1.79 bits per heavy atom. The molecule has 0 aliphatic rings. The van der Waals surface area contributed by atoms with Crippen LogP contribution >= 0.6 is 12.2 Å². The molecule has 3 nitrogen and oxygen atoms in total. The summed E-state index contributed by atoms with van der Waals surface area (Å²) in [7, 11) is 0. The Hall–Kier alpha value is -1.91. The van der Waals surface area contributed by atoms with E-state index < -0.39 is 0 Å². The van der Waals surface area contributed by atoms with Crippen LogP contribution in [0.2, 0.25) is 0 Å². The normalized spacial score (nSPS) is 11.8. The maximum Gasteiger partial charge on any atom is 0.170 e.